The summed E-state index contributed by atoms with van der Waals surface area (Å²) in [4.78, 5) is 34.7. The largest absolute Gasteiger partial charge is 0.464 e. The number of benzene rings is 2. The fourth-order valence-corrected chi connectivity index (χ4v) is 4.67. The minimum Gasteiger partial charge on any atom is -0.464 e. The molecule has 2 heterocycles. The summed E-state index contributed by atoms with van der Waals surface area (Å²) in [6, 6.07) is 15.0. The number of non-ortho nitro benzene ring substituents is 1. The Morgan fingerprint density at radius 3 is 2.45 bits per heavy atom. The number of carbonyl (C=O) groups excluding carboxylic acids is 2. The molecule has 4 rings (SSSR count). The number of nitro benzene ring substituents is 1. The van der Waals surface area contributed by atoms with Crippen molar-refractivity contribution >= 4 is 29.7 Å². The van der Waals surface area contributed by atoms with Crippen LogP contribution < -0.4 is 0 Å². The second kappa shape index (κ2) is 9.53. The second-order valence-corrected chi connectivity index (χ2v) is 7.93. The lowest BCUT2D eigenvalue weighted by molar-refractivity contribution is -0.384. The molecule has 0 spiro atoms. The van der Waals surface area contributed by atoms with E-state index >= 15 is 0 Å². The molecule has 0 saturated carbocycles. The monoisotopic (exact) mass is 469 g/mol. The molecule has 33 heavy (non-hydrogen) atoms. The normalized spacial score (nSPS) is 14.7. The molecule has 1 aromatic heterocycles. The van der Waals surface area contributed by atoms with Gasteiger partial charge in [-0.1, -0.05) is 42.1 Å². The molecule has 0 radical (unpaired) electrons. The molecule has 0 N–H and O–H groups in total. The van der Waals surface area contributed by atoms with Crippen molar-refractivity contribution in [2.24, 2.45) is 0 Å². The number of methoxy groups -OCH3 is 1. The van der Waals surface area contributed by atoms with Crippen LogP contribution in [0.15, 0.2) is 59.6 Å². The molecule has 1 saturated heterocycles. The van der Waals surface area contributed by atoms with Crippen molar-refractivity contribution < 1.29 is 28.7 Å². The average molecular weight is 469 g/mol. The zero-order valence-electron chi connectivity index (χ0n) is 17.5. The van der Waals surface area contributed by atoms with Crippen molar-refractivity contribution in [3.63, 3.8) is 0 Å². The maximum absolute atomic E-state index is 12.3. The smallest absolute Gasteiger partial charge is 0.359 e. The summed E-state index contributed by atoms with van der Waals surface area (Å²) < 4.78 is 18.1. The van der Waals surface area contributed by atoms with Crippen LogP contribution in [-0.2, 0) is 20.0 Å². The maximum Gasteiger partial charge on any atom is 0.359 e. The Morgan fingerprint density at radius 1 is 1.21 bits per heavy atom. The number of aldehydes is 1. The van der Waals surface area contributed by atoms with Crippen LogP contribution in [0.1, 0.15) is 26.4 Å². The quantitative estimate of drug-likeness (QED) is 0.161. The topological polar surface area (TPSA) is 123 Å². The van der Waals surface area contributed by atoms with Gasteiger partial charge in [0.1, 0.15) is 5.03 Å². The van der Waals surface area contributed by atoms with Crippen LogP contribution in [0.3, 0.4) is 0 Å². The van der Waals surface area contributed by atoms with Crippen molar-refractivity contribution in [3.05, 3.63) is 81.5 Å². The van der Waals surface area contributed by atoms with E-state index in [-0.39, 0.29) is 22.7 Å². The van der Waals surface area contributed by atoms with Gasteiger partial charge in [-0.3, -0.25) is 14.9 Å². The first-order valence-corrected chi connectivity index (χ1v) is 10.9. The van der Waals surface area contributed by atoms with Crippen LogP contribution in [0, 0.1) is 10.1 Å². The molecule has 0 aliphatic carbocycles. The Hall–Kier alpha value is -3.54. The summed E-state index contributed by atoms with van der Waals surface area (Å²) in [6.45, 7) is 0.816. The molecule has 2 aromatic carbocycles. The molecule has 0 unspecified atom stereocenters. The fourth-order valence-electron chi connectivity index (χ4n) is 3.44. The highest BCUT2D eigenvalue weighted by Crippen LogP contribution is 2.39. The zero-order valence-corrected chi connectivity index (χ0v) is 18.3. The van der Waals surface area contributed by atoms with Gasteiger partial charge in [0.05, 0.1) is 42.3 Å². The summed E-state index contributed by atoms with van der Waals surface area (Å²) in [5, 5.41) is 15.6. The molecule has 0 atom stereocenters. The number of nitro groups is 1. The van der Waals surface area contributed by atoms with Crippen molar-refractivity contribution in [2.45, 2.75) is 10.8 Å². The number of carbonyl (C=O) groups is 2. The van der Waals surface area contributed by atoms with Gasteiger partial charge in [-0.15, -0.1) is 0 Å². The van der Waals surface area contributed by atoms with Gasteiger partial charge < -0.3 is 14.2 Å². The van der Waals surface area contributed by atoms with E-state index < -0.39 is 16.7 Å². The lowest BCUT2D eigenvalue weighted by atomic mass is 10.1. The number of hydrogen-bond acceptors (Lipinski definition) is 9. The van der Waals surface area contributed by atoms with Crippen molar-refractivity contribution in [1.29, 1.82) is 0 Å². The van der Waals surface area contributed by atoms with Crippen LogP contribution >= 0.6 is 11.8 Å². The molecular weight excluding hydrogens is 450 g/mol. The van der Waals surface area contributed by atoms with Crippen molar-refractivity contribution in [3.8, 4) is 5.69 Å². The van der Waals surface area contributed by atoms with E-state index in [4.69, 9.17) is 14.2 Å². The molecule has 170 valence electrons. The third kappa shape index (κ3) is 4.38. The number of nitrogens with zero attached hydrogens (tertiary/aromatic N) is 3. The molecule has 1 aliphatic rings. The highest BCUT2D eigenvalue weighted by molar-refractivity contribution is 7.99. The Morgan fingerprint density at radius 2 is 1.88 bits per heavy atom. The summed E-state index contributed by atoms with van der Waals surface area (Å²) in [5.74, 6) is -1.55. The van der Waals surface area contributed by atoms with Gasteiger partial charge in [-0.2, -0.15) is 5.10 Å². The molecule has 1 aliphatic heterocycles. The minimum absolute atomic E-state index is 0.0476. The van der Waals surface area contributed by atoms with Gasteiger partial charge in [0.25, 0.3) is 5.69 Å². The van der Waals surface area contributed by atoms with Crippen LogP contribution in [0.2, 0.25) is 0 Å². The van der Waals surface area contributed by atoms with E-state index in [1.807, 2.05) is 30.3 Å². The predicted octanol–water partition coefficient (Wildman–Crippen LogP) is 3.37. The number of aromatic nitrogens is 2. The van der Waals surface area contributed by atoms with E-state index in [2.05, 4.69) is 5.10 Å². The SMILES string of the molecule is COC(=O)c1nn(-c2ccc([N+](=O)[O-])cc2)c(SCC2(c3ccccc3)OCCO2)c1C=O. The Balaban J connectivity index is 1.76. The van der Waals surface area contributed by atoms with E-state index in [1.165, 1.54) is 47.8 Å². The van der Waals surface area contributed by atoms with E-state index in [0.29, 0.717) is 30.2 Å². The fraction of sp³-hybridized carbons (Fsp3) is 0.227. The number of esters is 1. The van der Waals surface area contributed by atoms with Crippen LogP contribution in [0.4, 0.5) is 5.69 Å². The van der Waals surface area contributed by atoms with Gasteiger partial charge in [-0.25, -0.2) is 9.48 Å². The maximum atomic E-state index is 12.3. The Labute approximate surface area is 192 Å². The zero-order chi connectivity index (χ0) is 23.4. The first kappa shape index (κ1) is 22.6. The third-order valence-corrected chi connectivity index (χ3v) is 6.24. The van der Waals surface area contributed by atoms with Gasteiger partial charge in [0, 0.05) is 17.7 Å². The van der Waals surface area contributed by atoms with E-state index in [1.54, 1.807) is 0 Å². The number of rotatable bonds is 8. The highest BCUT2D eigenvalue weighted by atomic mass is 32.2. The predicted molar refractivity (Wildman–Crippen MR) is 118 cm³/mol. The lowest BCUT2D eigenvalue weighted by Crippen LogP contribution is -2.30. The highest BCUT2D eigenvalue weighted by Gasteiger charge is 2.39. The van der Waals surface area contributed by atoms with Crippen molar-refractivity contribution in [1.82, 2.24) is 9.78 Å². The summed E-state index contributed by atoms with van der Waals surface area (Å²) in [6.07, 6.45) is 0.537. The van der Waals surface area contributed by atoms with Crippen LogP contribution in [0.5, 0.6) is 0 Å². The molecule has 3 aromatic rings. The van der Waals surface area contributed by atoms with Crippen LogP contribution in [0.25, 0.3) is 5.69 Å². The molecule has 0 bridgehead atoms. The van der Waals surface area contributed by atoms with Crippen molar-refractivity contribution in [2.75, 3.05) is 26.1 Å². The number of hydrogen-bond donors (Lipinski definition) is 0. The average Bonchev–Trinajstić information content (AvgIpc) is 3.48. The van der Waals surface area contributed by atoms with E-state index in [0.717, 1.165) is 5.56 Å². The van der Waals surface area contributed by atoms with Gasteiger partial charge in [0.2, 0.25) is 5.79 Å². The van der Waals surface area contributed by atoms with E-state index in [9.17, 15) is 19.7 Å². The van der Waals surface area contributed by atoms with Gasteiger partial charge in [-0.05, 0) is 12.1 Å². The third-order valence-electron chi connectivity index (χ3n) is 5.05. The molecule has 11 heteroatoms. The summed E-state index contributed by atoms with van der Waals surface area (Å²) in [5.41, 5.74) is 1.04. The summed E-state index contributed by atoms with van der Waals surface area (Å²) in [7, 11) is 1.19. The molecular formula is C22H19N3O7S. The van der Waals surface area contributed by atoms with Crippen LogP contribution in [-0.4, -0.2) is 53.0 Å². The number of thioether (sulfide) groups is 1. The van der Waals surface area contributed by atoms with Gasteiger partial charge in [0.15, 0.2) is 12.0 Å². The molecule has 1 fully saturated rings. The Bertz CT molecular complexity index is 1170. The Kier molecular flexibility index (Phi) is 6.54. The summed E-state index contributed by atoms with van der Waals surface area (Å²) >= 11 is 1.22. The first-order chi connectivity index (χ1) is 16.0. The molecule has 0 amide bonds. The minimum atomic E-state index is -1.04. The lowest BCUT2D eigenvalue weighted by Gasteiger charge is -2.27. The first-order valence-electron chi connectivity index (χ1n) is 9.86. The van der Waals surface area contributed by atoms with Gasteiger partial charge >= 0.3 is 5.97 Å². The number of ether oxygens (including phenoxy) is 3. The second-order valence-electron chi connectivity index (χ2n) is 6.97. The standard InChI is InChI=1S/C22H19N3O7S/c1-30-21(27)19-18(13-26)20(24(23-19)16-7-9-17(10-8-16)25(28)29)33-14-22(31-11-12-32-22)15-5-3-2-4-6-15/h2-10,13H,11-12,14H2,1H3. The molecule has 10 nitrogen and oxygen atoms in total.